The standard InChI is InChI=1S/C19H31N/c1-5-16-8-7-15(13-17(16)6-2)11-12-19(3,4)14-20-18-9-10-18/h7-8,13,18,20H,5-6,9-12,14H2,1-4H3. The number of hydrogen-bond donors (Lipinski definition) is 1. The molecule has 20 heavy (non-hydrogen) atoms. The molecule has 1 aliphatic rings. The van der Waals surface area contributed by atoms with E-state index in [4.69, 9.17) is 0 Å². The van der Waals surface area contributed by atoms with Gasteiger partial charge in [0.15, 0.2) is 0 Å². The zero-order valence-electron chi connectivity index (χ0n) is 13.8. The molecule has 0 radical (unpaired) electrons. The second kappa shape index (κ2) is 6.76. The molecule has 1 saturated carbocycles. The molecule has 0 aliphatic heterocycles. The highest BCUT2D eigenvalue weighted by Gasteiger charge is 2.25. The topological polar surface area (TPSA) is 12.0 Å². The van der Waals surface area contributed by atoms with Crippen LogP contribution in [-0.4, -0.2) is 12.6 Å². The first kappa shape index (κ1) is 15.6. The van der Waals surface area contributed by atoms with Gasteiger partial charge >= 0.3 is 0 Å². The first-order valence-corrected chi connectivity index (χ1v) is 8.38. The molecule has 0 amide bonds. The molecular weight excluding hydrogens is 242 g/mol. The van der Waals surface area contributed by atoms with Gasteiger partial charge in [-0.15, -0.1) is 0 Å². The van der Waals surface area contributed by atoms with Crippen molar-refractivity contribution in [2.75, 3.05) is 6.54 Å². The van der Waals surface area contributed by atoms with Crippen molar-refractivity contribution in [3.05, 3.63) is 34.9 Å². The van der Waals surface area contributed by atoms with Crippen LogP contribution in [0.15, 0.2) is 18.2 Å². The molecule has 0 aromatic heterocycles. The molecule has 1 aromatic carbocycles. The van der Waals surface area contributed by atoms with Crippen molar-refractivity contribution in [1.29, 1.82) is 0 Å². The van der Waals surface area contributed by atoms with Gasteiger partial charge in [0.05, 0.1) is 0 Å². The summed E-state index contributed by atoms with van der Waals surface area (Å²) in [7, 11) is 0. The lowest BCUT2D eigenvalue weighted by atomic mass is 9.85. The van der Waals surface area contributed by atoms with Crippen LogP contribution < -0.4 is 5.32 Å². The van der Waals surface area contributed by atoms with Crippen molar-refractivity contribution in [2.45, 2.75) is 72.3 Å². The molecule has 112 valence electrons. The van der Waals surface area contributed by atoms with Gasteiger partial charge in [-0.2, -0.15) is 0 Å². The zero-order valence-corrected chi connectivity index (χ0v) is 13.8. The van der Waals surface area contributed by atoms with Crippen LogP contribution in [-0.2, 0) is 19.3 Å². The SMILES string of the molecule is CCc1ccc(CCC(C)(C)CNC2CC2)cc1CC. The van der Waals surface area contributed by atoms with Gasteiger partial charge in [0.1, 0.15) is 0 Å². The van der Waals surface area contributed by atoms with E-state index in [0.717, 1.165) is 25.4 Å². The van der Waals surface area contributed by atoms with Crippen LogP contribution in [0.25, 0.3) is 0 Å². The molecule has 1 fully saturated rings. The van der Waals surface area contributed by atoms with Crippen LogP contribution in [0.2, 0.25) is 0 Å². The monoisotopic (exact) mass is 273 g/mol. The van der Waals surface area contributed by atoms with E-state index >= 15 is 0 Å². The number of hydrogen-bond acceptors (Lipinski definition) is 1. The summed E-state index contributed by atoms with van der Waals surface area (Å²) in [5.41, 5.74) is 4.97. The minimum atomic E-state index is 0.401. The van der Waals surface area contributed by atoms with E-state index in [1.54, 1.807) is 5.56 Å². The first-order valence-electron chi connectivity index (χ1n) is 8.38. The van der Waals surface area contributed by atoms with Crippen molar-refractivity contribution >= 4 is 0 Å². The average molecular weight is 273 g/mol. The number of rotatable bonds is 8. The minimum Gasteiger partial charge on any atom is -0.313 e. The predicted octanol–water partition coefficient (Wildman–Crippen LogP) is 4.52. The molecule has 0 bridgehead atoms. The third-order valence-corrected chi connectivity index (χ3v) is 4.57. The molecule has 0 saturated heterocycles. The first-order chi connectivity index (χ1) is 9.54. The second-order valence-electron chi connectivity index (χ2n) is 7.13. The molecule has 0 atom stereocenters. The Kier molecular flexibility index (Phi) is 5.26. The van der Waals surface area contributed by atoms with Gasteiger partial charge in [-0.25, -0.2) is 0 Å². The molecule has 0 heterocycles. The van der Waals surface area contributed by atoms with Crippen LogP contribution in [0.1, 0.15) is 63.6 Å². The van der Waals surface area contributed by atoms with Crippen molar-refractivity contribution in [3.8, 4) is 0 Å². The highest BCUT2D eigenvalue weighted by molar-refractivity contribution is 5.32. The maximum Gasteiger partial charge on any atom is 0.00684 e. The number of benzene rings is 1. The average Bonchev–Trinajstić information content (AvgIpc) is 3.27. The van der Waals surface area contributed by atoms with E-state index in [1.807, 2.05) is 0 Å². The Morgan fingerprint density at radius 2 is 1.80 bits per heavy atom. The van der Waals surface area contributed by atoms with Gasteiger partial charge < -0.3 is 5.32 Å². The Balaban J connectivity index is 1.88. The van der Waals surface area contributed by atoms with Gasteiger partial charge in [0.2, 0.25) is 0 Å². The van der Waals surface area contributed by atoms with Gasteiger partial charge in [-0.3, -0.25) is 0 Å². The van der Waals surface area contributed by atoms with Gasteiger partial charge in [-0.05, 0) is 60.6 Å². The normalized spacial score (nSPS) is 15.6. The summed E-state index contributed by atoms with van der Waals surface area (Å²) in [5, 5.41) is 3.67. The van der Waals surface area contributed by atoms with Gasteiger partial charge in [0, 0.05) is 12.6 Å². The molecule has 0 spiro atoms. The van der Waals surface area contributed by atoms with Crippen molar-refractivity contribution in [3.63, 3.8) is 0 Å². The Bertz CT molecular complexity index is 429. The summed E-state index contributed by atoms with van der Waals surface area (Å²) in [5.74, 6) is 0. The fraction of sp³-hybridized carbons (Fsp3) is 0.684. The third-order valence-electron chi connectivity index (χ3n) is 4.57. The van der Waals surface area contributed by atoms with E-state index in [1.165, 1.54) is 36.8 Å². The molecule has 1 aliphatic carbocycles. The van der Waals surface area contributed by atoms with E-state index in [0.29, 0.717) is 5.41 Å². The van der Waals surface area contributed by atoms with Crippen LogP contribution in [0.3, 0.4) is 0 Å². The molecule has 1 nitrogen and oxygen atoms in total. The fourth-order valence-electron chi connectivity index (χ4n) is 2.79. The quantitative estimate of drug-likeness (QED) is 0.734. The number of nitrogens with one attached hydrogen (secondary N) is 1. The lowest BCUT2D eigenvalue weighted by Gasteiger charge is -2.25. The Morgan fingerprint density at radius 1 is 1.10 bits per heavy atom. The summed E-state index contributed by atoms with van der Waals surface area (Å²) >= 11 is 0. The third kappa shape index (κ3) is 4.63. The summed E-state index contributed by atoms with van der Waals surface area (Å²) in [6.07, 6.45) is 7.55. The molecule has 1 heteroatoms. The lowest BCUT2D eigenvalue weighted by Crippen LogP contribution is -2.31. The van der Waals surface area contributed by atoms with E-state index in [-0.39, 0.29) is 0 Å². The summed E-state index contributed by atoms with van der Waals surface area (Å²) in [6.45, 7) is 10.5. The molecule has 1 aromatic rings. The van der Waals surface area contributed by atoms with E-state index in [2.05, 4.69) is 51.2 Å². The highest BCUT2D eigenvalue weighted by Crippen LogP contribution is 2.26. The molecule has 2 rings (SSSR count). The number of aryl methyl sites for hydroxylation is 3. The fourth-order valence-corrected chi connectivity index (χ4v) is 2.79. The Labute approximate surface area is 125 Å². The zero-order chi connectivity index (χ0) is 14.6. The maximum atomic E-state index is 3.67. The van der Waals surface area contributed by atoms with E-state index in [9.17, 15) is 0 Å². The van der Waals surface area contributed by atoms with Crippen LogP contribution in [0.4, 0.5) is 0 Å². The van der Waals surface area contributed by atoms with Crippen molar-refractivity contribution < 1.29 is 0 Å². The van der Waals surface area contributed by atoms with Crippen molar-refractivity contribution in [2.24, 2.45) is 5.41 Å². The van der Waals surface area contributed by atoms with Crippen LogP contribution in [0, 0.1) is 5.41 Å². The second-order valence-corrected chi connectivity index (χ2v) is 7.13. The summed E-state index contributed by atoms with van der Waals surface area (Å²) in [4.78, 5) is 0. The van der Waals surface area contributed by atoms with Gasteiger partial charge in [-0.1, -0.05) is 45.9 Å². The molecule has 0 unspecified atom stereocenters. The van der Waals surface area contributed by atoms with Crippen LogP contribution in [0.5, 0.6) is 0 Å². The van der Waals surface area contributed by atoms with Gasteiger partial charge in [0.25, 0.3) is 0 Å². The summed E-state index contributed by atoms with van der Waals surface area (Å²) < 4.78 is 0. The highest BCUT2D eigenvalue weighted by atomic mass is 15.0. The van der Waals surface area contributed by atoms with Crippen LogP contribution >= 0.6 is 0 Å². The Morgan fingerprint density at radius 3 is 2.40 bits per heavy atom. The predicted molar refractivity (Wildman–Crippen MR) is 88.3 cm³/mol. The lowest BCUT2D eigenvalue weighted by molar-refractivity contribution is 0.313. The Hall–Kier alpha value is -0.820. The maximum absolute atomic E-state index is 3.67. The largest absolute Gasteiger partial charge is 0.313 e. The minimum absolute atomic E-state index is 0.401. The van der Waals surface area contributed by atoms with Crippen molar-refractivity contribution in [1.82, 2.24) is 5.32 Å². The smallest absolute Gasteiger partial charge is 0.00684 e. The summed E-state index contributed by atoms with van der Waals surface area (Å²) in [6, 6.07) is 7.93. The molecular formula is C19H31N. The molecule has 1 N–H and O–H groups in total. The van der Waals surface area contributed by atoms with E-state index < -0.39 is 0 Å².